The number of rotatable bonds is 2. The standard InChI is InChI=1S/C7H16N2/c1-6-3-4-7(9-6)5-8-2/h6-9H,3-5H2,1-2H3/t6-,7?/m1/s1. The molecule has 1 aliphatic heterocycles. The second-order valence-corrected chi connectivity index (χ2v) is 2.90. The number of likely N-dealkylation sites (N-methyl/N-ethyl adjacent to an activating group) is 1. The van der Waals surface area contributed by atoms with Crippen molar-refractivity contribution in [2.45, 2.75) is 31.8 Å². The van der Waals surface area contributed by atoms with Gasteiger partial charge in [0.15, 0.2) is 0 Å². The minimum absolute atomic E-state index is 0.727. The molecule has 2 atom stereocenters. The van der Waals surface area contributed by atoms with E-state index in [1.807, 2.05) is 7.05 Å². The van der Waals surface area contributed by atoms with Crippen LogP contribution in [-0.2, 0) is 0 Å². The summed E-state index contributed by atoms with van der Waals surface area (Å²) in [5.41, 5.74) is 0. The highest BCUT2D eigenvalue weighted by atomic mass is 15.0. The molecule has 0 spiro atoms. The van der Waals surface area contributed by atoms with Gasteiger partial charge >= 0.3 is 0 Å². The van der Waals surface area contributed by atoms with Crippen LogP contribution < -0.4 is 10.6 Å². The van der Waals surface area contributed by atoms with Gasteiger partial charge in [-0.15, -0.1) is 0 Å². The van der Waals surface area contributed by atoms with Crippen LogP contribution in [0.2, 0.25) is 0 Å². The lowest BCUT2D eigenvalue weighted by molar-refractivity contribution is 0.536. The molecule has 0 aromatic heterocycles. The summed E-state index contributed by atoms with van der Waals surface area (Å²) in [7, 11) is 2.00. The zero-order chi connectivity index (χ0) is 6.69. The van der Waals surface area contributed by atoms with Crippen molar-refractivity contribution in [3.05, 3.63) is 0 Å². The highest BCUT2D eigenvalue weighted by molar-refractivity contribution is 4.81. The SMILES string of the molecule is CNCC1CC[C@@H](C)N1. The van der Waals surface area contributed by atoms with Crippen molar-refractivity contribution in [2.75, 3.05) is 13.6 Å². The van der Waals surface area contributed by atoms with E-state index in [4.69, 9.17) is 0 Å². The van der Waals surface area contributed by atoms with Gasteiger partial charge in [0, 0.05) is 18.6 Å². The fourth-order valence-electron chi connectivity index (χ4n) is 1.43. The van der Waals surface area contributed by atoms with E-state index in [0.29, 0.717) is 0 Å². The minimum atomic E-state index is 0.727. The largest absolute Gasteiger partial charge is 0.318 e. The topological polar surface area (TPSA) is 24.1 Å². The summed E-state index contributed by atoms with van der Waals surface area (Å²) in [6.07, 6.45) is 2.67. The van der Waals surface area contributed by atoms with E-state index in [9.17, 15) is 0 Å². The Kier molecular flexibility index (Phi) is 2.49. The molecule has 0 radical (unpaired) electrons. The van der Waals surface area contributed by atoms with Crippen molar-refractivity contribution in [1.29, 1.82) is 0 Å². The second-order valence-electron chi connectivity index (χ2n) is 2.90. The number of hydrogen-bond donors (Lipinski definition) is 2. The van der Waals surface area contributed by atoms with Gasteiger partial charge < -0.3 is 10.6 Å². The average molecular weight is 128 g/mol. The van der Waals surface area contributed by atoms with E-state index in [1.54, 1.807) is 0 Å². The van der Waals surface area contributed by atoms with Gasteiger partial charge in [-0.05, 0) is 26.8 Å². The predicted octanol–water partition coefficient (Wildman–Crippen LogP) is 0.346. The Bertz CT molecular complexity index is 81.0. The van der Waals surface area contributed by atoms with Gasteiger partial charge in [0.2, 0.25) is 0 Å². The lowest BCUT2D eigenvalue weighted by atomic mass is 10.2. The zero-order valence-electron chi connectivity index (χ0n) is 6.28. The average Bonchev–Trinajstić information content (AvgIpc) is 2.17. The third kappa shape index (κ3) is 1.95. The molecular weight excluding hydrogens is 112 g/mol. The third-order valence-electron chi connectivity index (χ3n) is 1.92. The van der Waals surface area contributed by atoms with Crippen LogP contribution in [0.25, 0.3) is 0 Å². The fourth-order valence-corrected chi connectivity index (χ4v) is 1.43. The highest BCUT2D eigenvalue weighted by Gasteiger charge is 2.18. The molecule has 2 N–H and O–H groups in total. The van der Waals surface area contributed by atoms with Crippen LogP contribution in [0.5, 0.6) is 0 Å². The second kappa shape index (κ2) is 3.18. The Morgan fingerprint density at radius 2 is 2.33 bits per heavy atom. The lowest BCUT2D eigenvalue weighted by Crippen LogP contribution is -2.34. The summed E-state index contributed by atoms with van der Waals surface area (Å²) < 4.78 is 0. The maximum Gasteiger partial charge on any atom is 0.0195 e. The van der Waals surface area contributed by atoms with Crippen molar-refractivity contribution >= 4 is 0 Å². The van der Waals surface area contributed by atoms with Crippen molar-refractivity contribution in [1.82, 2.24) is 10.6 Å². The van der Waals surface area contributed by atoms with E-state index >= 15 is 0 Å². The van der Waals surface area contributed by atoms with E-state index in [2.05, 4.69) is 17.6 Å². The Balaban J connectivity index is 2.14. The normalized spacial score (nSPS) is 35.3. The molecular formula is C7H16N2. The zero-order valence-corrected chi connectivity index (χ0v) is 6.28. The first kappa shape index (κ1) is 7.03. The molecule has 54 valence electrons. The van der Waals surface area contributed by atoms with Crippen molar-refractivity contribution in [2.24, 2.45) is 0 Å². The van der Waals surface area contributed by atoms with E-state index < -0.39 is 0 Å². The molecule has 1 rings (SSSR count). The van der Waals surface area contributed by atoms with Gasteiger partial charge in [0.1, 0.15) is 0 Å². The van der Waals surface area contributed by atoms with Crippen molar-refractivity contribution < 1.29 is 0 Å². The Hall–Kier alpha value is -0.0800. The molecule has 2 nitrogen and oxygen atoms in total. The molecule has 1 unspecified atom stereocenters. The van der Waals surface area contributed by atoms with Gasteiger partial charge in [-0.1, -0.05) is 0 Å². The van der Waals surface area contributed by atoms with E-state index in [0.717, 1.165) is 18.6 Å². The van der Waals surface area contributed by atoms with Crippen LogP contribution >= 0.6 is 0 Å². The molecule has 2 heteroatoms. The molecule has 0 saturated carbocycles. The third-order valence-corrected chi connectivity index (χ3v) is 1.92. The first-order chi connectivity index (χ1) is 4.33. The molecule has 0 bridgehead atoms. The molecule has 0 aromatic carbocycles. The number of nitrogens with one attached hydrogen (secondary N) is 2. The Morgan fingerprint density at radius 1 is 1.56 bits per heavy atom. The highest BCUT2D eigenvalue weighted by Crippen LogP contribution is 2.09. The smallest absolute Gasteiger partial charge is 0.0195 e. The summed E-state index contributed by atoms with van der Waals surface area (Å²) in [5, 5.41) is 6.66. The van der Waals surface area contributed by atoms with Crippen LogP contribution in [0.15, 0.2) is 0 Å². The van der Waals surface area contributed by atoms with Crippen LogP contribution in [-0.4, -0.2) is 25.7 Å². The van der Waals surface area contributed by atoms with Gasteiger partial charge in [-0.25, -0.2) is 0 Å². The summed E-state index contributed by atoms with van der Waals surface area (Å²) >= 11 is 0. The van der Waals surface area contributed by atoms with Gasteiger partial charge in [-0.2, -0.15) is 0 Å². The summed E-state index contributed by atoms with van der Waals surface area (Å²) in [6.45, 7) is 3.36. The predicted molar refractivity (Wildman–Crippen MR) is 39.5 cm³/mol. The molecule has 1 saturated heterocycles. The van der Waals surface area contributed by atoms with Gasteiger partial charge in [0.05, 0.1) is 0 Å². The van der Waals surface area contributed by atoms with Crippen LogP contribution in [0.4, 0.5) is 0 Å². The van der Waals surface area contributed by atoms with Crippen molar-refractivity contribution in [3.63, 3.8) is 0 Å². The molecule has 0 amide bonds. The van der Waals surface area contributed by atoms with Crippen LogP contribution in [0, 0.1) is 0 Å². The first-order valence-electron chi connectivity index (χ1n) is 3.73. The molecule has 1 fully saturated rings. The molecule has 1 heterocycles. The fraction of sp³-hybridized carbons (Fsp3) is 1.00. The lowest BCUT2D eigenvalue weighted by Gasteiger charge is -2.09. The first-order valence-corrected chi connectivity index (χ1v) is 3.73. The Labute approximate surface area is 57.0 Å². The maximum atomic E-state index is 3.49. The number of hydrogen-bond acceptors (Lipinski definition) is 2. The monoisotopic (exact) mass is 128 g/mol. The molecule has 9 heavy (non-hydrogen) atoms. The molecule has 1 aliphatic rings. The minimum Gasteiger partial charge on any atom is -0.318 e. The van der Waals surface area contributed by atoms with Crippen LogP contribution in [0.1, 0.15) is 19.8 Å². The summed E-state index contributed by atoms with van der Waals surface area (Å²) in [6, 6.07) is 1.47. The van der Waals surface area contributed by atoms with Gasteiger partial charge in [-0.3, -0.25) is 0 Å². The van der Waals surface area contributed by atoms with E-state index in [-0.39, 0.29) is 0 Å². The quantitative estimate of drug-likeness (QED) is 0.560. The summed E-state index contributed by atoms with van der Waals surface area (Å²) in [4.78, 5) is 0. The van der Waals surface area contributed by atoms with E-state index in [1.165, 1.54) is 12.8 Å². The molecule has 0 aromatic rings. The maximum absolute atomic E-state index is 3.49. The Morgan fingerprint density at radius 3 is 2.78 bits per heavy atom. The van der Waals surface area contributed by atoms with Crippen molar-refractivity contribution in [3.8, 4) is 0 Å². The molecule has 0 aliphatic carbocycles. The van der Waals surface area contributed by atoms with Crippen LogP contribution in [0.3, 0.4) is 0 Å². The summed E-state index contributed by atoms with van der Waals surface area (Å²) in [5.74, 6) is 0. The van der Waals surface area contributed by atoms with Gasteiger partial charge in [0.25, 0.3) is 0 Å².